The van der Waals surface area contributed by atoms with Gasteiger partial charge in [-0.15, -0.1) is 6.42 Å². The van der Waals surface area contributed by atoms with Crippen LogP contribution in [-0.4, -0.2) is 10.6 Å². The van der Waals surface area contributed by atoms with E-state index in [2.05, 4.69) is 10.9 Å². The molecular weight excluding hydrogens is 156 g/mol. The first-order valence-electron chi connectivity index (χ1n) is 3.59. The van der Waals surface area contributed by atoms with Crippen LogP contribution in [0.2, 0.25) is 0 Å². The molecule has 12 heavy (non-hydrogen) atoms. The molecule has 0 aliphatic carbocycles. The summed E-state index contributed by atoms with van der Waals surface area (Å²) in [6, 6.07) is 0. The zero-order valence-electron chi connectivity index (χ0n) is 6.70. The molecule has 0 radical (unpaired) electrons. The lowest BCUT2D eigenvalue weighted by molar-refractivity contribution is -0.426. The molecule has 0 aromatic carbocycles. The van der Waals surface area contributed by atoms with Gasteiger partial charge in [0.15, 0.2) is 0 Å². The molecule has 0 aromatic heterocycles. The first-order valence-corrected chi connectivity index (χ1v) is 3.59. The summed E-state index contributed by atoms with van der Waals surface area (Å²) in [5.41, 5.74) is 1.17. The lowest BCUT2D eigenvalue weighted by Gasteiger charge is -1.93. The van der Waals surface area contributed by atoms with E-state index >= 15 is 0 Å². The highest BCUT2D eigenvalue weighted by molar-refractivity contribution is 6.03. The number of rotatable bonds is 2. The van der Waals surface area contributed by atoms with Gasteiger partial charge in [-0.1, -0.05) is 6.92 Å². The fraction of sp³-hybridized carbons (Fsp3) is 0.375. The van der Waals surface area contributed by atoms with Crippen molar-refractivity contribution in [3.63, 3.8) is 0 Å². The second-order valence-electron chi connectivity index (χ2n) is 2.42. The minimum atomic E-state index is -0.483. The third-order valence-electron chi connectivity index (χ3n) is 1.70. The van der Waals surface area contributed by atoms with Gasteiger partial charge in [0.05, 0.1) is 6.42 Å². The third-order valence-corrected chi connectivity index (χ3v) is 1.70. The highest BCUT2D eigenvalue weighted by Gasteiger charge is 2.26. The van der Waals surface area contributed by atoms with Crippen LogP contribution in [0, 0.1) is 22.5 Å². The predicted octanol–water partition coefficient (Wildman–Crippen LogP) is 1.36. The Hall–Kier alpha value is -1.63. The number of nitro groups is 1. The van der Waals surface area contributed by atoms with Crippen LogP contribution in [0.3, 0.4) is 0 Å². The number of hydrogen-bond acceptors (Lipinski definition) is 3. The molecule has 0 aromatic rings. The van der Waals surface area contributed by atoms with Crippen LogP contribution >= 0.6 is 0 Å². The van der Waals surface area contributed by atoms with Gasteiger partial charge in [0, 0.05) is 5.57 Å². The molecule has 4 nitrogen and oxygen atoms in total. The zero-order valence-corrected chi connectivity index (χ0v) is 6.70. The van der Waals surface area contributed by atoms with Gasteiger partial charge in [-0.3, -0.25) is 0 Å². The molecule has 1 heterocycles. The van der Waals surface area contributed by atoms with Gasteiger partial charge in [-0.2, -0.15) is 0 Å². The fourth-order valence-corrected chi connectivity index (χ4v) is 1.06. The van der Waals surface area contributed by atoms with E-state index in [9.17, 15) is 10.1 Å². The summed E-state index contributed by atoms with van der Waals surface area (Å²) in [7, 11) is 0. The smallest absolute Gasteiger partial charge is 0.358 e. The normalized spacial score (nSPS) is 15.8. The van der Waals surface area contributed by atoms with E-state index < -0.39 is 4.92 Å². The number of aliphatic imine (C=N–C) groups is 1. The maximum atomic E-state index is 10.4. The summed E-state index contributed by atoms with van der Waals surface area (Å²) < 4.78 is 0. The Kier molecular flexibility index (Phi) is 2.24. The van der Waals surface area contributed by atoms with Crippen LogP contribution in [-0.2, 0) is 0 Å². The predicted molar refractivity (Wildman–Crippen MR) is 45.2 cm³/mol. The summed E-state index contributed by atoms with van der Waals surface area (Å²) in [4.78, 5) is 13.6. The number of hydrogen-bond donors (Lipinski definition) is 0. The summed E-state index contributed by atoms with van der Waals surface area (Å²) in [5.74, 6) is 2.25. The molecule has 0 saturated carbocycles. The molecule has 4 heteroatoms. The monoisotopic (exact) mass is 164 g/mol. The van der Waals surface area contributed by atoms with Crippen molar-refractivity contribution in [2.75, 3.05) is 0 Å². The molecule has 0 N–H and O–H groups in total. The highest BCUT2D eigenvalue weighted by Crippen LogP contribution is 2.22. The maximum absolute atomic E-state index is 10.4. The standard InChI is InChI=1S/C8H8N2O2/c1-3-6-5-7(4-2)9-8(6)10(11)12/h2H,3,5H2,1H3. The van der Waals surface area contributed by atoms with Gasteiger partial charge in [0.25, 0.3) is 0 Å². The van der Waals surface area contributed by atoms with E-state index in [0.717, 1.165) is 0 Å². The number of allylic oxidation sites excluding steroid dienone is 1. The largest absolute Gasteiger partial charge is 0.364 e. The fourth-order valence-electron chi connectivity index (χ4n) is 1.06. The summed E-state index contributed by atoms with van der Waals surface area (Å²) in [5, 5.41) is 10.4. The minimum absolute atomic E-state index is 0.0644. The van der Waals surface area contributed by atoms with Crippen molar-refractivity contribution in [3.8, 4) is 12.3 Å². The Balaban J connectivity index is 2.97. The van der Waals surface area contributed by atoms with Crippen molar-refractivity contribution in [1.82, 2.24) is 0 Å². The molecule has 0 spiro atoms. The van der Waals surface area contributed by atoms with Crippen molar-refractivity contribution in [2.45, 2.75) is 19.8 Å². The molecule has 0 amide bonds. The second-order valence-corrected chi connectivity index (χ2v) is 2.42. The van der Waals surface area contributed by atoms with E-state index in [4.69, 9.17) is 6.42 Å². The zero-order chi connectivity index (χ0) is 9.14. The van der Waals surface area contributed by atoms with Crippen molar-refractivity contribution in [3.05, 3.63) is 21.5 Å². The lowest BCUT2D eigenvalue weighted by Crippen LogP contribution is -1.96. The summed E-state index contributed by atoms with van der Waals surface area (Å²) >= 11 is 0. The molecule has 1 aliphatic rings. The van der Waals surface area contributed by atoms with Gasteiger partial charge in [-0.25, -0.2) is 0 Å². The Bertz CT molecular complexity index is 320. The van der Waals surface area contributed by atoms with E-state index in [1.807, 2.05) is 6.92 Å². The molecule has 0 bridgehead atoms. The van der Waals surface area contributed by atoms with Gasteiger partial charge in [0.1, 0.15) is 0 Å². The van der Waals surface area contributed by atoms with Crippen molar-refractivity contribution in [2.24, 2.45) is 4.99 Å². The van der Waals surface area contributed by atoms with Gasteiger partial charge < -0.3 is 10.1 Å². The van der Waals surface area contributed by atoms with Crippen LogP contribution in [0.5, 0.6) is 0 Å². The van der Waals surface area contributed by atoms with Gasteiger partial charge >= 0.3 is 5.82 Å². The highest BCUT2D eigenvalue weighted by atomic mass is 16.6. The molecule has 0 unspecified atom stereocenters. The maximum Gasteiger partial charge on any atom is 0.364 e. The molecule has 0 atom stereocenters. The van der Waals surface area contributed by atoms with Crippen molar-refractivity contribution >= 4 is 5.71 Å². The van der Waals surface area contributed by atoms with E-state index in [1.165, 1.54) is 0 Å². The van der Waals surface area contributed by atoms with Crippen LogP contribution in [0.1, 0.15) is 19.8 Å². The SMILES string of the molecule is C#CC1=NC([N+](=O)[O-])=C(CC)C1. The van der Waals surface area contributed by atoms with E-state index in [1.54, 1.807) is 0 Å². The first-order chi connectivity index (χ1) is 5.69. The lowest BCUT2D eigenvalue weighted by atomic mass is 10.1. The van der Waals surface area contributed by atoms with Crippen LogP contribution in [0.4, 0.5) is 0 Å². The molecule has 0 saturated heterocycles. The molecule has 1 rings (SSSR count). The van der Waals surface area contributed by atoms with E-state index in [-0.39, 0.29) is 5.82 Å². The van der Waals surface area contributed by atoms with Crippen LogP contribution < -0.4 is 0 Å². The van der Waals surface area contributed by atoms with E-state index in [0.29, 0.717) is 24.1 Å². The van der Waals surface area contributed by atoms with Crippen LogP contribution in [0.15, 0.2) is 16.4 Å². The second kappa shape index (κ2) is 3.18. The molecule has 1 aliphatic heterocycles. The third kappa shape index (κ3) is 1.35. The minimum Gasteiger partial charge on any atom is -0.358 e. The average molecular weight is 164 g/mol. The summed E-state index contributed by atoms with van der Waals surface area (Å²) in [6.07, 6.45) is 6.17. The molecule has 62 valence electrons. The Morgan fingerprint density at radius 1 is 1.83 bits per heavy atom. The van der Waals surface area contributed by atoms with Gasteiger partial charge in [-0.05, 0) is 22.3 Å². The molecular formula is C8H8N2O2. The topological polar surface area (TPSA) is 55.5 Å². The number of terminal acetylenes is 1. The van der Waals surface area contributed by atoms with Gasteiger partial charge in [0.2, 0.25) is 5.71 Å². The van der Waals surface area contributed by atoms with Crippen molar-refractivity contribution in [1.29, 1.82) is 0 Å². The van der Waals surface area contributed by atoms with Crippen LogP contribution in [0.25, 0.3) is 0 Å². The Morgan fingerprint density at radius 3 is 2.83 bits per heavy atom. The Morgan fingerprint density at radius 2 is 2.50 bits per heavy atom. The van der Waals surface area contributed by atoms with Crippen molar-refractivity contribution < 1.29 is 4.92 Å². The first kappa shape index (κ1) is 8.47. The number of nitrogens with zero attached hydrogens (tertiary/aromatic N) is 2. The average Bonchev–Trinajstić information content (AvgIpc) is 2.47. The Labute approximate surface area is 70.1 Å². The molecule has 0 fully saturated rings. The summed E-state index contributed by atoms with van der Waals surface area (Å²) in [6.45, 7) is 1.85. The quantitative estimate of drug-likeness (QED) is 0.351.